The van der Waals surface area contributed by atoms with Crippen LogP contribution in [0.2, 0.25) is 0 Å². The molecule has 2 rings (SSSR count). The van der Waals surface area contributed by atoms with E-state index in [1.807, 2.05) is 25.1 Å². The molecule has 4 nitrogen and oxygen atoms in total. The molecule has 2 aromatic carbocycles. The number of aromatic carboxylic acids is 1. The minimum absolute atomic E-state index is 0.00216. The summed E-state index contributed by atoms with van der Waals surface area (Å²) < 4.78 is 0. The Labute approximate surface area is 129 Å². The molecule has 22 heavy (non-hydrogen) atoms. The zero-order valence-corrected chi connectivity index (χ0v) is 12.9. The average Bonchev–Trinajstić information content (AvgIpc) is 2.49. The van der Waals surface area contributed by atoms with Gasteiger partial charge >= 0.3 is 5.97 Å². The average molecular weight is 297 g/mol. The first kappa shape index (κ1) is 15.8. The second kappa shape index (κ2) is 6.43. The van der Waals surface area contributed by atoms with E-state index in [2.05, 4.69) is 19.2 Å². The number of benzene rings is 2. The van der Waals surface area contributed by atoms with E-state index in [-0.39, 0.29) is 11.1 Å². The standard InChI is InChI=1S/C18H19NO3/c1-11(2)13-9-8-12(3)16(10-13)19-17(20)14-6-4-5-7-15(14)18(21)22/h4-11H,1-3H3,(H,19,20)(H,21,22). The topological polar surface area (TPSA) is 66.4 Å². The van der Waals surface area contributed by atoms with Gasteiger partial charge in [-0.1, -0.05) is 38.1 Å². The summed E-state index contributed by atoms with van der Waals surface area (Å²) in [6.45, 7) is 6.06. The molecule has 2 aromatic rings. The van der Waals surface area contributed by atoms with Crippen molar-refractivity contribution in [1.82, 2.24) is 0 Å². The quantitative estimate of drug-likeness (QED) is 0.894. The maximum absolute atomic E-state index is 12.4. The van der Waals surface area contributed by atoms with Crippen molar-refractivity contribution in [2.75, 3.05) is 5.32 Å². The number of aryl methyl sites for hydroxylation is 1. The number of amides is 1. The summed E-state index contributed by atoms with van der Waals surface area (Å²) >= 11 is 0. The molecule has 0 radical (unpaired) electrons. The van der Waals surface area contributed by atoms with Crippen molar-refractivity contribution in [2.24, 2.45) is 0 Å². The van der Waals surface area contributed by atoms with Crippen molar-refractivity contribution in [1.29, 1.82) is 0 Å². The number of hydrogen-bond donors (Lipinski definition) is 2. The molecule has 114 valence electrons. The molecule has 0 bridgehead atoms. The van der Waals surface area contributed by atoms with Crippen LogP contribution in [0.3, 0.4) is 0 Å². The molecule has 0 fully saturated rings. The van der Waals surface area contributed by atoms with Gasteiger partial charge in [0, 0.05) is 5.69 Å². The van der Waals surface area contributed by atoms with Crippen molar-refractivity contribution < 1.29 is 14.7 Å². The van der Waals surface area contributed by atoms with Crippen LogP contribution in [0.4, 0.5) is 5.69 Å². The van der Waals surface area contributed by atoms with Crippen molar-refractivity contribution >= 4 is 17.6 Å². The third kappa shape index (κ3) is 3.34. The lowest BCUT2D eigenvalue weighted by atomic mass is 10.0. The molecule has 0 aromatic heterocycles. The number of nitrogens with one attached hydrogen (secondary N) is 1. The maximum atomic E-state index is 12.4. The van der Waals surface area contributed by atoms with Crippen LogP contribution in [0.5, 0.6) is 0 Å². The smallest absolute Gasteiger partial charge is 0.336 e. The number of carbonyl (C=O) groups excluding carboxylic acids is 1. The number of hydrogen-bond acceptors (Lipinski definition) is 2. The summed E-state index contributed by atoms with van der Waals surface area (Å²) in [4.78, 5) is 23.6. The van der Waals surface area contributed by atoms with E-state index in [0.29, 0.717) is 11.6 Å². The summed E-state index contributed by atoms with van der Waals surface area (Å²) in [5, 5.41) is 12.0. The van der Waals surface area contributed by atoms with E-state index in [0.717, 1.165) is 11.1 Å². The Morgan fingerprint density at radius 1 is 1.05 bits per heavy atom. The van der Waals surface area contributed by atoms with Crippen LogP contribution in [0.1, 0.15) is 51.6 Å². The summed E-state index contributed by atoms with van der Waals surface area (Å²) in [5.74, 6) is -1.18. The Morgan fingerprint density at radius 3 is 2.27 bits per heavy atom. The van der Waals surface area contributed by atoms with Crippen molar-refractivity contribution in [2.45, 2.75) is 26.7 Å². The molecule has 4 heteroatoms. The molecule has 2 N–H and O–H groups in total. The molecule has 1 amide bonds. The van der Waals surface area contributed by atoms with E-state index in [1.165, 1.54) is 12.1 Å². The summed E-state index contributed by atoms with van der Waals surface area (Å²) in [5.41, 5.74) is 2.91. The Kier molecular flexibility index (Phi) is 4.61. The van der Waals surface area contributed by atoms with Crippen LogP contribution in [-0.4, -0.2) is 17.0 Å². The van der Waals surface area contributed by atoms with Crippen LogP contribution in [-0.2, 0) is 0 Å². The fourth-order valence-electron chi connectivity index (χ4n) is 2.19. The molecule has 0 heterocycles. The number of carbonyl (C=O) groups is 2. The van der Waals surface area contributed by atoms with Crippen molar-refractivity contribution in [3.63, 3.8) is 0 Å². The number of carboxylic acids is 1. The summed E-state index contributed by atoms with van der Waals surface area (Å²) in [6, 6.07) is 12.1. The Bertz CT molecular complexity index is 720. The lowest BCUT2D eigenvalue weighted by Crippen LogP contribution is -2.17. The van der Waals surface area contributed by atoms with Gasteiger partial charge < -0.3 is 10.4 Å². The number of rotatable bonds is 4. The van der Waals surface area contributed by atoms with Crippen LogP contribution >= 0.6 is 0 Å². The van der Waals surface area contributed by atoms with E-state index in [4.69, 9.17) is 0 Å². The fraction of sp³-hybridized carbons (Fsp3) is 0.222. The fourth-order valence-corrected chi connectivity index (χ4v) is 2.19. The van der Waals surface area contributed by atoms with E-state index in [9.17, 15) is 14.7 Å². The van der Waals surface area contributed by atoms with Crippen LogP contribution < -0.4 is 5.32 Å². The Morgan fingerprint density at radius 2 is 1.68 bits per heavy atom. The molecule has 0 aliphatic heterocycles. The predicted molar refractivity (Wildman–Crippen MR) is 86.6 cm³/mol. The first-order valence-corrected chi connectivity index (χ1v) is 7.14. The van der Waals surface area contributed by atoms with Gasteiger partial charge in [-0.15, -0.1) is 0 Å². The van der Waals surface area contributed by atoms with Crippen LogP contribution in [0, 0.1) is 6.92 Å². The SMILES string of the molecule is Cc1ccc(C(C)C)cc1NC(=O)c1ccccc1C(=O)O. The lowest BCUT2D eigenvalue weighted by molar-refractivity contribution is 0.0692. The summed E-state index contributed by atoms with van der Waals surface area (Å²) in [7, 11) is 0. The third-order valence-electron chi connectivity index (χ3n) is 3.58. The third-order valence-corrected chi connectivity index (χ3v) is 3.58. The summed E-state index contributed by atoms with van der Waals surface area (Å²) in [6.07, 6.45) is 0. The molecule has 0 aliphatic carbocycles. The van der Waals surface area contributed by atoms with E-state index >= 15 is 0 Å². The molecule has 0 spiro atoms. The van der Waals surface area contributed by atoms with E-state index in [1.54, 1.807) is 12.1 Å². The second-order valence-corrected chi connectivity index (χ2v) is 5.53. The predicted octanol–water partition coefficient (Wildman–Crippen LogP) is 4.07. The highest BCUT2D eigenvalue weighted by Gasteiger charge is 2.16. The van der Waals surface area contributed by atoms with Gasteiger partial charge in [-0.05, 0) is 42.2 Å². The first-order chi connectivity index (χ1) is 10.4. The molecular formula is C18H19NO3. The van der Waals surface area contributed by atoms with Gasteiger partial charge in [-0.2, -0.15) is 0 Å². The zero-order valence-electron chi connectivity index (χ0n) is 12.9. The normalized spacial score (nSPS) is 10.5. The van der Waals surface area contributed by atoms with Gasteiger partial charge in [0.05, 0.1) is 11.1 Å². The molecule has 0 atom stereocenters. The minimum Gasteiger partial charge on any atom is -0.478 e. The van der Waals surface area contributed by atoms with Crippen molar-refractivity contribution in [3.8, 4) is 0 Å². The molecule has 0 saturated carbocycles. The van der Waals surface area contributed by atoms with Crippen LogP contribution in [0.15, 0.2) is 42.5 Å². The largest absolute Gasteiger partial charge is 0.478 e. The van der Waals surface area contributed by atoms with Gasteiger partial charge in [-0.3, -0.25) is 4.79 Å². The molecular weight excluding hydrogens is 278 g/mol. The van der Waals surface area contributed by atoms with Crippen LogP contribution in [0.25, 0.3) is 0 Å². The minimum atomic E-state index is -1.11. The lowest BCUT2D eigenvalue weighted by Gasteiger charge is -2.13. The number of anilines is 1. The van der Waals surface area contributed by atoms with Gasteiger partial charge in [0.1, 0.15) is 0 Å². The molecule has 0 saturated heterocycles. The van der Waals surface area contributed by atoms with Gasteiger partial charge in [0.15, 0.2) is 0 Å². The van der Waals surface area contributed by atoms with E-state index < -0.39 is 11.9 Å². The highest BCUT2D eigenvalue weighted by molar-refractivity contribution is 6.10. The maximum Gasteiger partial charge on any atom is 0.336 e. The number of carboxylic acid groups (broad SMARTS) is 1. The second-order valence-electron chi connectivity index (χ2n) is 5.53. The molecule has 0 unspecified atom stereocenters. The Balaban J connectivity index is 2.34. The van der Waals surface area contributed by atoms with Crippen molar-refractivity contribution in [3.05, 3.63) is 64.7 Å². The highest BCUT2D eigenvalue weighted by Crippen LogP contribution is 2.23. The van der Waals surface area contributed by atoms with Gasteiger partial charge in [0.25, 0.3) is 5.91 Å². The molecule has 0 aliphatic rings. The monoisotopic (exact) mass is 297 g/mol. The van der Waals surface area contributed by atoms with Gasteiger partial charge in [-0.25, -0.2) is 4.79 Å². The van der Waals surface area contributed by atoms with Gasteiger partial charge in [0.2, 0.25) is 0 Å². The zero-order chi connectivity index (χ0) is 16.3. The first-order valence-electron chi connectivity index (χ1n) is 7.14. The Hall–Kier alpha value is -2.62. The highest BCUT2D eigenvalue weighted by atomic mass is 16.4.